The highest BCUT2D eigenvalue weighted by molar-refractivity contribution is 6.31. The molecule has 33 heavy (non-hydrogen) atoms. The van der Waals surface area contributed by atoms with E-state index in [-0.39, 0.29) is 17.5 Å². The Labute approximate surface area is 192 Å². The van der Waals surface area contributed by atoms with Crippen molar-refractivity contribution in [3.05, 3.63) is 59.2 Å². The van der Waals surface area contributed by atoms with Crippen LogP contribution in [-0.2, 0) is 4.79 Å². The van der Waals surface area contributed by atoms with E-state index in [4.69, 9.17) is 11.6 Å². The number of nitriles is 1. The van der Waals surface area contributed by atoms with Crippen molar-refractivity contribution in [2.24, 2.45) is 5.92 Å². The number of alkyl halides is 3. The molecule has 0 radical (unpaired) electrons. The molecule has 10 heteroatoms. The second kappa shape index (κ2) is 9.16. The van der Waals surface area contributed by atoms with Crippen LogP contribution in [-0.4, -0.2) is 30.3 Å². The van der Waals surface area contributed by atoms with Gasteiger partial charge in [0.1, 0.15) is 11.8 Å². The number of amides is 1. The van der Waals surface area contributed by atoms with Gasteiger partial charge in [-0.2, -0.15) is 5.26 Å². The highest BCUT2D eigenvalue weighted by atomic mass is 35.5. The Morgan fingerprint density at radius 3 is 2.67 bits per heavy atom. The maximum atomic E-state index is 12.7. The first-order valence-electron chi connectivity index (χ1n) is 10.1. The molecule has 1 amide bonds. The number of ether oxygens (including phenoxy) is 1. The third-order valence-electron chi connectivity index (χ3n) is 5.44. The zero-order valence-electron chi connectivity index (χ0n) is 17.2. The summed E-state index contributed by atoms with van der Waals surface area (Å²) in [6.07, 6.45) is -2.25. The number of carbonyl (C=O) groups is 1. The van der Waals surface area contributed by atoms with Crippen molar-refractivity contribution in [2.45, 2.75) is 19.2 Å². The zero-order chi connectivity index (χ0) is 23.6. The lowest BCUT2D eigenvalue weighted by atomic mass is 9.94. The lowest BCUT2D eigenvalue weighted by Crippen LogP contribution is -2.38. The molecule has 1 aliphatic rings. The van der Waals surface area contributed by atoms with E-state index in [9.17, 15) is 23.2 Å². The number of benzene rings is 2. The number of rotatable bonds is 4. The van der Waals surface area contributed by atoms with Crippen molar-refractivity contribution in [1.29, 1.82) is 5.26 Å². The average molecular weight is 475 g/mol. The van der Waals surface area contributed by atoms with Gasteiger partial charge < -0.3 is 15.0 Å². The van der Waals surface area contributed by atoms with Crippen molar-refractivity contribution in [3.8, 4) is 11.8 Å². The normalized spacial score (nSPS) is 14.7. The molecule has 3 aromatic rings. The van der Waals surface area contributed by atoms with Crippen LogP contribution < -0.4 is 15.0 Å². The Bertz CT molecular complexity index is 1230. The minimum absolute atomic E-state index is 0.228. The van der Waals surface area contributed by atoms with Gasteiger partial charge in [0.2, 0.25) is 5.91 Å². The fourth-order valence-corrected chi connectivity index (χ4v) is 4.13. The maximum absolute atomic E-state index is 12.7. The summed E-state index contributed by atoms with van der Waals surface area (Å²) in [7, 11) is 0. The first-order valence-corrected chi connectivity index (χ1v) is 10.5. The van der Waals surface area contributed by atoms with Gasteiger partial charge in [0.25, 0.3) is 0 Å². The summed E-state index contributed by atoms with van der Waals surface area (Å²) in [6, 6.07) is 12.6. The second-order valence-corrected chi connectivity index (χ2v) is 8.06. The van der Waals surface area contributed by atoms with Crippen molar-refractivity contribution in [1.82, 2.24) is 4.98 Å². The molecular formula is C23H18ClF3N4O2. The molecule has 2 aromatic carbocycles. The summed E-state index contributed by atoms with van der Waals surface area (Å²) in [6.45, 7) is 1.05. The number of fused-ring (bicyclic) bond motifs is 1. The van der Waals surface area contributed by atoms with Crippen LogP contribution in [0.3, 0.4) is 0 Å². The molecule has 0 saturated carbocycles. The molecule has 2 heterocycles. The Morgan fingerprint density at radius 1 is 1.21 bits per heavy atom. The van der Waals surface area contributed by atoms with E-state index < -0.39 is 12.1 Å². The first-order chi connectivity index (χ1) is 15.7. The van der Waals surface area contributed by atoms with Crippen LogP contribution in [0, 0.1) is 17.2 Å². The number of aromatic nitrogens is 1. The van der Waals surface area contributed by atoms with Crippen LogP contribution >= 0.6 is 11.6 Å². The SMILES string of the molecule is N#Cc1cnc2ccc(Cl)cc2c1N1CCC(C(=O)Nc2cccc(OC(F)(F)F)c2)CC1. The summed E-state index contributed by atoms with van der Waals surface area (Å²) in [4.78, 5) is 19.1. The molecule has 4 rings (SSSR count). The van der Waals surface area contributed by atoms with Gasteiger partial charge in [0.05, 0.1) is 16.8 Å². The Hall–Kier alpha value is -3.51. The molecule has 0 bridgehead atoms. The molecule has 0 unspecified atom stereocenters. The number of nitrogens with one attached hydrogen (secondary N) is 1. The number of nitrogens with zero attached hydrogens (tertiary/aromatic N) is 3. The standard InChI is InChI=1S/C23H18ClF3N4O2/c24-16-4-5-20-19(10-16)21(15(12-28)13-29-20)31-8-6-14(7-9-31)22(32)30-17-2-1-3-18(11-17)33-23(25,26)27/h1-5,10-11,13-14H,6-9H2,(H,30,32). The van der Waals surface area contributed by atoms with E-state index in [0.717, 1.165) is 17.1 Å². The Morgan fingerprint density at radius 2 is 1.97 bits per heavy atom. The molecule has 0 spiro atoms. The van der Waals surface area contributed by atoms with E-state index in [0.29, 0.717) is 42.0 Å². The topological polar surface area (TPSA) is 78.2 Å². The molecule has 1 aliphatic heterocycles. The van der Waals surface area contributed by atoms with Gasteiger partial charge in [-0.05, 0) is 43.2 Å². The number of hydrogen-bond donors (Lipinski definition) is 1. The van der Waals surface area contributed by atoms with E-state index in [2.05, 4.69) is 21.1 Å². The second-order valence-electron chi connectivity index (χ2n) is 7.62. The van der Waals surface area contributed by atoms with Gasteiger partial charge in [-0.3, -0.25) is 9.78 Å². The van der Waals surface area contributed by atoms with Gasteiger partial charge >= 0.3 is 6.36 Å². The van der Waals surface area contributed by atoms with Crippen LogP contribution in [0.15, 0.2) is 48.7 Å². The monoisotopic (exact) mass is 474 g/mol. The van der Waals surface area contributed by atoms with E-state index in [1.165, 1.54) is 24.4 Å². The molecule has 1 saturated heterocycles. The third-order valence-corrected chi connectivity index (χ3v) is 5.67. The Balaban J connectivity index is 1.46. The number of carbonyl (C=O) groups excluding carboxylic acids is 1. The summed E-state index contributed by atoms with van der Waals surface area (Å²) in [5.74, 6) is -1.00. The van der Waals surface area contributed by atoms with Crippen molar-refractivity contribution in [3.63, 3.8) is 0 Å². The predicted molar refractivity (Wildman–Crippen MR) is 118 cm³/mol. The summed E-state index contributed by atoms with van der Waals surface area (Å²) in [5, 5.41) is 13.6. The van der Waals surface area contributed by atoms with Crippen LogP contribution in [0.1, 0.15) is 18.4 Å². The van der Waals surface area contributed by atoms with E-state index >= 15 is 0 Å². The first kappa shape index (κ1) is 22.7. The quantitative estimate of drug-likeness (QED) is 0.539. The fraction of sp³-hybridized carbons (Fsp3) is 0.261. The highest BCUT2D eigenvalue weighted by Gasteiger charge is 2.31. The van der Waals surface area contributed by atoms with Crippen molar-refractivity contribution < 1.29 is 22.7 Å². The van der Waals surface area contributed by atoms with Gasteiger partial charge in [-0.15, -0.1) is 13.2 Å². The van der Waals surface area contributed by atoms with Gasteiger partial charge in [-0.25, -0.2) is 0 Å². The number of hydrogen-bond acceptors (Lipinski definition) is 5. The molecule has 1 aromatic heterocycles. The van der Waals surface area contributed by atoms with Gasteiger partial charge in [-0.1, -0.05) is 17.7 Å². The fourth-order valence-electron chi connectivity index (χ4n) is 3.95. The number of halogens is 4. The van der Waals surface area contributed by atoms with Crippen molar-refractivity contribution >= 4 is 39.8 Å². The van der Waals surface area contributed by atoms with Gasteiger partial charge in [0.15, 0.2) is 0 Å². The Kier molecular flexibility index (Phi) is 6.29. The number of anilines is 2. The lowest BCUT2D eigenvalue weighted by Gasteiger charge is -2.34. The third kappa shape index (κ3) is 5.29. The number of piperidine rings is 1. The molecule has 0 atom stereocenters. The van der Waals surface area contributed by atoms with Gasteiger partial charge in [0, 0.05) is 47.4 Å². The van der Waals surface area contributed by atoms with Crippen LogP contribution in [0.4, 0.5) is 24.5 Å². The average Bonchev–Trinajstić information content (AvgIpc) is 2.77. The summed E-state index contributed by atoms with van der Waals surface area (Å²) in [5.41, 5.74) is 2.11. The summed E-state index contributed by atoms with van der Waals surface area (Å²) < 4.78 is 41.2. The van der Waals surface area contributed by atoms with Crippen LogP contribution in [0.2, 0.25) is 5.02 Å². The molecule has 1 N–H and O–H groups in total. The largest absolute Gasteiger partial charge is 0.573 e. The van der Waals surface area contributed by atoms with Crippen LogP contribution in [0.5, 0.6) is 5.75 Å². The predicted octanol–water partition coefficient (Wildman–Crippen LogP) is 5.51. The number of pyridine rings is 1. The van der Waals surface area contributed by atoms with Crippen LogP contribution in [0.25, 0.3) is 10.9 Å². The minimum atomic E-state index is -4.81. The minimum Gasteiger partial charge on any atom is -0.406 e. The highest BCUT2D eigenvalue weighted by Crippen LogP contribution is 2.34. The van der Waals surface area contributed by atoms with E-state index in [1.54, 1.807) is 18.2 Å². The summed E-state index contributed by atoms with van der Waals surface area (Å²) >= 11 is 6.16. The molecule has 1 fully saturated rings. The maximum Gasteiger partial charge on any atom is 0.573 e. The zero-order valence-corrected chi connectivity index (χ0v) is 18.0. The smallest absolute Gasteiger partial charge is 0.406 e. The van der Waals surface area contributed by atoms with Crippen molar-refractivity contribution in [2.75, 3.05) is 23.3 Å². The molecule has 0 aliphatic carbocycles. The van der Waals surface area contributed by atoms with E-state index in [1.807, 2.05) is 4.90 Å². The molecule has 170 valence electrons. The molecule has 6 nitrogen and oxygen atoms in total. The molecular weight excluding hydrogens is 457 g/mol. The lowest BCUT2D eigenvalue weighted by molar-refractivity contribution is -0.274.